The van der Waals surface area contributed by atoms with Crippen LogP contribution in [0.15, 0.2) is 30.6 Å². The highest BCUT2D eigenvalue weighted by Crippen LogP contribution is 2.48. The molecule has 0 radical (unpaired) electrons. The summed E-state index contributed by atoms with van der Waals surface area (Å²) in [5, 5.41) is 0. The summed E-state index contributed by atoms with van der Waals surface area (Å²) in [6.45, 7) is 0. The minimum Gasteiger partial charge on any atom is -0.495 e. The molecule has 1 aliphatic heterocycles. The van der Waals surface area contributed by atoms with Crippen molar-refractivity contribution in [3.63, 3.8) is 0 Å². The van der Waals surface area contributed by atoms with Crippen molar-refractivity contribution in [1.82, 2.24) is 4.98 Å². The highest BCUT2D eigenvalue weighted by Gasteiger charge is 2.44. The second-order valence-corrected chi connectivity index (χ2v) is 3.74. The standard InChI is InChI=1S/C12H9F2NO3/c1-16-10-6-15-5-8(10)7-3-2-4-9-11(7)18-12(13,14)17-9/h2-6,15H,1H3. The number of methoxy groups -OCH3 is 1. The summed E-state index contributed by atoms with van der Waals surface area (Å²) < 4.78 is 40.2. The lowest BCUT2D eigenvalue weighted by Gasteiger charge is -2.07. The third-order valence-electron chi connectivity index (χ3n) is 2.65. The number of alkyl halides is 2. The van der Waals surface area contributed by atoms with Gasteiger partial charge in [-0.05, 0) is 6.07 Å². The van der Waals surface area contributed by atoms with Crippen LogP contribution in [0.5, 0.6) is 17.2 Å². The van der Waals surface area contributed by atoms with Gasteiger partial charge in [0.05, 0.1) is 7.11 Å². The fourth-order valence-corrected chi connectivity index (χ4v) is 1.91. The van der Waals surface area contributed by atoms with Crippen LogP contribution in [0.25, 0.3) is 11.1 Å². The second kappa shape index (κ2) is 3.63. The Morgan fingerprint density at radius 3 is 2.78 bits per heavy atom. The van der Waals surface area contributed by atoms with Crippen LogP contribution in [0.3, 0.4) is 0 Å². The number of hydrogen-bond acceptors (Lipinski definition) is 3. The van der Waals surface area contributed by atoms with Crippen LogP contribution in [0, 0.1) is 0 Å². The molecule has 0 amide bonds. The monoisotopic (exact) mass is 253 g/mol. The number of para-hydroxylation sites is 1. The van der Waals surface area contributed by atoms with Crippen LogP contribution in [0.2, 0.25) is 0 Å². The third kappa shape index (κ3) is 1.57. The highest BCUT2D eigenvalue weighted by atomic mass is 19.3. The van der Waals surface area contributed by atoms with Gasteiger partial charge < -0.3 is 19.2 Å². The van der Waals surface area contributed by atoms with Crippen molar-refractivity contribution < 1.29 is 23.0 Å². The molecule has 1 aromatic carbocycles. The number of aromatic nitrogens is 1. The SMILES string of the molecule is COc1c[nH]cc1-c1cccc2c1OC(F)(F)O2. The van der Waals surface area contributed by atoms with Crippen molar-refractivity contribution >= 4 is 0 Å². The van der Waals surface area contributed by atoms with Crippen LogP contribution in [-0.2, 0) is 0 Å². The fraction of sp³-hybridized carbons (Fsp3) is 0.167. The van der Waals surface area contributed by atoms with Gasteiger partial charge in [0, 0.05) is 23.5 Å². The van der Waals surface area contributed by atoms with Crippen molar-refractivity contribution in [1.29, 1.82) is 0 Å². The normalized spacial score (nSPS) is 15.7. The molecular weight excluding hydrogens is 244 g/mol. The van der Waals surface area contributed by atoms with Gasteiger partial charge in [0.1, 0.15) is 5.75 Å². The van der Waals surface area contributed by atoms with Crippen molar-refractivity contribution in [3.8, 4) is 28.4 Å². The third-order valence-corrected chi connectivity index (χ3v) is 2.65. The van der Waals surface area contributed by atoms with Crippen LogP contribution in [-0.4, -0.2) is 18.4 Å². The molecule has 0 aliphatic carbocycles. The number of ether oxygens (including phenoxy) is 3. The average molecular weight is 253 g/mol. The fourth-order valence-electron chi connectivity index (χ4n) is 1.91. The first kappa shape index (κ1) is 10.9. The molecule has 4 nitrogen and oxygen atoms in total. The molecule has 0 atom stereocenters. The Morgan fingerprint density at radius 1 is 1.17 bits per heavy atom. The van der Waals surface area contributed by atoms with Gasteiger partial charge in [-0.25, -0.2) is 0 Å². The lowest BCUT2D eigenvalue weighted by atomic mass is 10.1. The molecule has 3 rings (SSSR count). The zero-order valence-corrected chi connectivity index (χ0v) is 9.37. The van der Waals surface area contributed by atoms with Gasteiger partial charge in [0.25, 0.3) is 0 Å². The summed E-state index contributed by atoms with van der Waals surface area (Å²) in [7, 11) is 1.50. The molecule has 18 heavy (non-hydrogen) atoms. The molecule has 2 heterocycles. The van der Waals surface area contributed by atoms with Gasteiger partial charge in [0.2, 0.25) is 0 Å². The van der Waals surface area contributed by atoms with Crippen LogP contribution < -0.4 is 14.2 Å². The molecule has 0 saturated heterocycles. The Balaban J connectivity index is 2.14. The second-order valence-electron chi connectivity index (χ2n) is 3.74. The van der Waals surface area contributed by atoms with E-state index in [1.165, 1.54) is 13.2 Å². The minimum absolute atomic E-state index is 0.0143. The molecule has 2 aromatic rings. The molecule has 1 N–H and O–H groups in total. The van der Waals surface area contributed by atoms with Gasteiger partial charge >= 0.3 is 6.29 Å². The van der Waals surface area contributed by atoms with E-state index < -0.39 is 6.29 Å². The number of fused-ring (bicyclic) bond motifs is 1. The molecule has 0 saturated carbocycles. The van der Waals surface area contributed by atoms with Gasteiger partial charge in [-0.3, -0.25) is 0 Å². The largest absolute Gasteiger partial charge is 0.586 e. The molecular formula is C12H9F2NO3. The quantitative estimate of drug-likeness (QED) is 0.894. The Kier molecular flexibility index (Phi) is 2.19. The zero-order valence-electron chi connectivity index (χ0n) is 9.37. The van der Waals surface area contributed by atoms with Crippen LogP contribution >= 0.6 is 0 Å². The van der Waals surface area contributed by atoms with E-state index in [0.717, 1.165) is 0 Å². The van der Waals surface area contributed by atoms with E-state index in [0.29, 0.717) is 16.9 Å². The smallest absolute Gasteiger partial charge is 0.495 e. The van der Waals surface area contributed by atoms with Crippen molar-refractivity contribution in [2.24, 2.45) is 0 Å². The Morgan fingerprint density at radius 2 is 2.00 bits per heavy atom. The van der Waals surface area contributed by atoms with E-state index in [1.54, 1.807) is 24.5 Å². The summed E-state index contributed by atoms with van der Waals surface area (Å²) >= 11 is 0. The summed E-state index contributed by atoms with van der Waals surface area (Å²) in [5.74, 6) is 0.573. The number of halogens is 2. The maximum atomic E-state index is 13.1. The zero-order chi connectivity index (χ0) is 12.8. The molecule has 1 aliphatic rings. The molecule has 94 valence electrons. The lowest BCUT2D eigenvalue weighted by Crippen LogP contribution is -2.26. The van der Waals surface area contributed by atoms with E-state index in [2.05, 4.69) is 14.5 Å². The van der Waals surface area contributed by atoms with Gasteiger partial charge in [0.15, 0.2) is 11.5 Å². The number of hydrogen-bond donors (Lipinski definition) is 1. The van der Waals surface area contributed by atoms with E-state index in [4.69, 9.17) is 4.74 Å². The maximum Gasteiger partial charge on any atom is 0.586 e. The molecule has 0 spiro atoms. The van der Waals surface area contributed by atoms with Gasteiger partial charge in [-0.1, -0.05) is 12.1 Å². The molecule has 1 aromatic heterocycles. The maximum absolute atomic E-state index is 13.1. The Bertz CT molecular complexity index is 595. The number of benzene rings is 1. The van der Waals surface area contributed by atoms with E-state index in [1.807, 2.05) is 0 Å². The van der Waals surface area contributed by atoms with Crippen molar-refractivity contribution in [2.45, 2.75) is 6.29 Å². The number of H-pyrrole nitrogens is 1. The molecule has 0 unspecified atom stereocenters. The van der Waals surface area contributed by atoms with Crippen LogP contribution in [0.1, 0.15) is 0 Å². The lowest BCUT2D eigenvalue weighted by molar-refractivity contribution is -0.286. The molecule has 0 fully saturated rings. The summed E-state index contributed by atoms with van der Waals surface area (Å²) in [5.41, 5.74) is 1.12. The first-order valence-electron chi connectivity index (χ1n) is 5.21. The Hall–Kier alpha value is -2.24. The Labute approximate surface area is 101 Å². The van der Waals surface area contributed by atoms with Gasteiger partial charge in [-0.15, -0.1) is 8.78 Å². The number of rotatable bonds is 2. The minimum atomic E-state index is -3.62. The number of nitrogens with one attached hydrogen (secondary N) is 1. The van der Waals surface area contributed by atoms with E-state index in [-0.39, 0.29) is 11.5 Å². The average Bonchev–Trinajstić information content (AvgIpc) is 2.89. The predicted molar refractivity (Wildman–Crippen MR) is 59.0 cm³/mol. The van der Waals surface area contributed by atoms with Crippen LogP contribution in [0.4, 0.5) is 8.78 Å². The summed E-state index contributed by atoms with van der Waals surface area (Å²) in [6.07, 6.45) is -0.348. The molecule has 6 heteroatoms. The van der Waals surface area contributed by atoms with E-state index >= 15 is 0 Å². The molecule has 0 bridgehead atoms. The van der Waals surface area contributed by atoms with Gasteiger partial charge in [-0.2, -0.15) is 0 Å². The number of aromatic amines is 1. The first-order chi connectivity index (χ1) is 8.61. The highest BCUT2D eigenvalue weighted by molar-refractivity contribution is 5.78. The van der Waals surface area contributed by atoms with Crippen molar-refractivity contribution in [2.75, 3.05) is 7.11 Å². The van der Waals surface area contributed by atoms with Crippen molar-refractivity contribution in [3.05, 3.63) is 30.6 Å². The van der Waals surface area contributed by atoms with E-state index in [9.17, 15) is 8.78 Å². The summed E-state index contributed by atoms with van der Waals surface area (Å²) in [4.78, 5) is 2.85. The topological polar surface area (TPSA) is 43.5 Å². The predicted octanol–water partition coefficient (Wildman–Crippen LogP) is 3.01. The summed E-state index contributed by atoms with van der Waals surface area (Å²) in [6, 6.07) is 4.71. The first-order valence-corrected chi connectivity index (χ1v) is 5.21.